The second-order valence-electron chi connectivity index (χ2n) is 2.98. The molecule has 0 saturated carbocycles. The number of carbonyl (C=O) groups is 1. The molecule has 0 saturated heterocycles. The van der Waals surface area contributed by atoms with Crippen LogP contribution in [0.15, 0.2) is 4.52 Å². The van der Waals surface area contributed by atoms with Crippen LogP contribution >= 0.6 is 0 Å². The Hall–Kier alpha value is -1.53. The van der Waals surface area contributed by atoms with Crippen molar-refractivity contribution in [2.75, 3.05) is 0 Å². The molecule has 15 heavy (non-hydrogen) atoms. The first-order valence-corrected chi connectivity index (χ1v) is 4.06. The van der Waals surface area contributed by atoms with Gasteiger partial charge in [-0.1, -0.05) is 5.16 Å². The fourth-order valence-corrected chi connectivity index (χ4v) is 1.12. The number of halogens is 3. The maximum Gasteiger partial charge on any atom is 0.389 e. The number of alkyl halides is 3. The standard InChI is InChI=1S/C8H8F3NO3/c1-4-6(7(13)14)5(12-15-4)2-3-8(9,10)11/h2-3H2,1H3,(H,13,14). The molecule has 0 spiro atoms. The fraction of sp³-hybridized carbons (Fsp3) is 0.500. The number of hydrogen-bond donors (Lipinski definition) is 1. The molecule has 1 rings (SSSR count). The lowest BCUT2D eigenvalue weighted by Crippen LogP contribution is -2.10. The number of aromatic nitrogens is 1. The van der Waals surface area contributed by atoms with E-state index in [4.69, 9.17) is 5.11 Å². The van der Waals surface area contributed by atoms with E-state index in [1.807, 2.05) is 0 Å². The molecule has 0 aliphatic heterocycles. The Morgan fingerprint density at radius 2 is 2.13 bits per heavy atom. The van der Waals surface area contributed by atoms with Gasteiger partial charge in [0.15, 0.2) is 0 Å². The molecule has 0 aromatic carbocycles. The average molecular weight is 223 g/mol. The average Bonchev–Trinajstić information content (AvgIpc) is 2.42. The summed E-state index contributed by atoms with van der Waals surface area (Å²) in [6.45, 7) is 1.34. The maximum absolute atomic E-state index is 11.9. The second kappa shape index (κ2) is 3.92. The van der Waals surface area contributed by atoms with Crippen molar-refractivity contribution in [3.8, 4) is 0 Å². The number of carboxylic acids is 1. The Morgan fingerprint density at radius 1 is 1.53 bits per heavy atom. The van der Waals surface area contributed by atoms with Gasteiger partial charge in [-0.05, 0) is 6.92 Å². The smallest absolute Gasteiger partial charge is 0.389 e. The number of rotatable bonds is 3. The van der Waals surface area contributed by atoms with Gasteiger partial charge in [0, 0.05) is 12.8 Å². The van der Waals surface area contributed by atoms with Crippen molar-refractivity contribution in [1.29, 1.82) is 0 Å². The van der Waals surface area contributed by atoms with Gasteiger partial charge in [-0.2, -0.15) is 13.2 Å². The summed E-state index contributed by atoms with van der Waals surface area (Å²) in [5, 5.41) is 12.0. The van der Waals surface area contributed by atoms with Crippen LogP contribution in [-0.2, 0) is 6.42 Å². The second-order valence-corrected chi connectivity index (χ2v) is 2.98. The van der Waals surface area contributed by atoms with E-state index in [0.717, 1.165) is 0 Å². The van der Waals surface area contributed by atoms with Crippen molar-refractivity contribution in [3.63, 3.8) is 0 Å². The van der Waals surface area contributed by atoms with E-state index in [1.54, 1.807) is 0 Å². The molecule has 0 amide bonds. The molecule has 0 bridgehead atoms. The van der Waals surface area contributed by atoms with Crippen molar-refractivity contribution >= 4 is 5.97 Å². The van der Waals surface area contributed by atoms with Crippen LogP contribution in [0.25, 0.3) is 0 Å². The van der Waals surface area contributed by atoms with Gasteiger partial charge in [-0.15, -0.1) is 0 Å². The molecular weight excluding hydrogens is 215 g/mol. The predicted octanol–water partition coefficient (Wildman–Crippen LogP) is 2.18. The molecule has 1 heterocycles. The van der Waals surface area contributed by atoms with Gasteiger partial charge >= 0.3 is 12.1 Å². The first-order chi connectivity index (χ1) is 6.81. The molecule has 4 nitrogen and oxygen atoms in total. The van der Waals surface area contributed by atoms with E-state index in [2.05, 4.69) is 9.68 Å². The van der Waals surface area contributed by atoms with Crippen LogP contribution in [0.4, 0.5) is 13.2 Å². The van der Waals surface area contributed by atoms with Crippen molar-refractivity contribution < 1.29 is 27.6 Å². The van der Waals surface area contributed by atoms with Gasteiger partial charge in [-0.3, -0.25) is 0 Å². The van der Waals surface area contributed by atoms with Crippen LogP contribution in [0.3, 0.4) is 0 Å². The number of aromatic carboxylic acids is 1. The number of nitrogens with zero attached hydrogens (tertiary/aromatic N) is 1. The van der Waals surface area contributed by atoms with E-state index >= 15 is 0 Å². The van der Waals surface area contributed by atoms with Crippen LogP contribution < -0.4 is 0 Å². The summed E-state index contributed by atoms with van der Waals surface area (Å²) in [4.78, 5) is 10.6. The van der Waals surface area contributed by atoms with Crippen molar-refractivity contribution in [1.82, 2.24) is 5.16 Å². The molecule has 1 N–H and O–H groups in total. The van der Waals surface area contributed by atoms with Gasteiger partial charge < -0.3 is 9.63 Å². The fourth-order valence-electron chi connectivity index (χ4n) is 1.12. The summed E-state index contributed by atoms with van der Waals surface area (Å²) in [7, 11) is 0. The summed E-state index contributed by atoms with van der Waals surface area (Å²) in [5.74, 6) is -1.31. The molecule has 0 unspecified atom stereocenters. The quantitative estimate of drug-likeness (QED) is 0.852. The third-order valence-electron chi connectivity index (χ3n) is 1.79. The molecule has 7 heteroatoms. The topological polar surface area (TPSA) is 63.3 Å². The molecule has 0 aliphatic rings. The molecular formula is C8H8F3NO3. The Morgan fingerprint density at radius 3 is 2.60 bits per heavy atom. The Bertz CT molecular complexity index is 370. The van der Waals surface area contributed by atoms with Crippen LogP contribution in [0, 0.1) is 6.92 Å². The molecule has 0 aliphatic carbocycles. The Balaban J connectivity index is 2.82. The molecule has 0 radical (unpaired) electrons. The zero-order valence-electron chi connectivity index (χ0n) is 7.76. The molecule has 1 aromatic heterocycles. The largest absolute Gasteiger partial charge is 0.477 e. The molecule has 0 atom stereocenters. The highest BCUT2D eigenvalue weighted by Gasteiger charge is 2.29. The molecule has 1 aromatic rings. The van der Waals surface area contributed by atoms with Crippen molar-refractivity contribution in [2.24, 2.45) is 0 Å². The first-order valence-electron chi connectivity index (χ1n) is 4.06. The zero-order chi connectivity index (χ0) is 11.6. The van der Waals surface area contributed by atoms with E-state index < -0.39 is 25.0 Å². The highest BCUT2D eigenvalue weighted by Crippen LogP contribution is 2.23. The van der Waals surface area contributed by atoms with E-state index in [9.17, 15) is 18.0 Å². The van der Waals surface area contributed by atoms with Crippen LogP contribution in [-0.4, -0.2) is 22.4 Å². The zero-order valence-corrected chi connectivity index (χ0v) is 7.76. The van der Waals surface area contributed by atoms with Crippen molar-refractivity contribution in [3.05, 3.63) is 17.0 Å². The van der Waals surface area contributed by atoms with E-state index in [-0.39, 0.29) is 17.0 Å². The lowest BCUT2D eigenvalue weighted by atomic mass is 10.1. The van der Waals surface area contributed by atoms with Gasteiger partial charge in [0.25, 0.3) is 0 Å². The number of aryl methyl sites for hydroxylation is 2. The third kappa shape index (κ3) is 2.97. The van der Waals surface area contributed by atoms with E-state index in [0.29, 0.717) is 0 Å². The van der Waals surface area contributed by atoms with E-state index in [1.165, 1.54) is 6.92 Å². The number of hydrogen-bond acceptors (Lipinski definition) is 3. The highest BCUT2D eigenvalue weighted by molar-refractivity contribution is 5.89. The lowest BCUT2D eigenvalue weighted by Gasteiger charge is -2.03. The van der Waals surface area contributed by atoms with Crippen molar-refractivity contribution in [2.45, 2.75) is 25.9 Å². The summed E-state index contributed by atoms with van der Waals surface area (Å²) >= 11 is 0. The lowest BCUT2D eigenvalue weighted by molar-refractivity contribution is -0.134. The van der Waals surface area contributed by atoms with Crippen LogP contribution in [0.2, 0.25) is 0 Å². The van der Waals surface area contributed by atoms with Crippen LogP contribution in [0.5, 0.6) is 0 Å². The maximum atomic E-state index is 11.9. The van der Waals surface area contributed by atoms with Crippen LogP contribution in [0.1, 0.15) is 28.2 Å². The minimum absolute atomic E-state index is 0.0136. The SMILES string of the molecule is Cc1onc(CCC(F)(F)F)c1C(=O)O. The first kappa shape index (κ1) is 11.5. The number of carboxylic acid groups (broad SMARTS) is 1. The summed E-state index contributed by atoms with van der Waals surface area (Å²) < 4.78 is 40.1. The minimum atomic E-state index is -4.33. The minimum Gasteiger partial charge on any atom is -0.477 e. The predicted molar refractivity (Wildman–Crippen MR) is 42.6 cm³/mol. The van der Waals surface area contributed by atoms with Gasteiger partial charge in [-0.25, -0.2) is 4.79 Å². The Kier molecular flexibility index (Phi) is 3.01. The Labute approximate surface area is 82.7 Å². The monoisotopic (exact) mass is 223 g/mol. The van der Waals surface area contributed by atoms with Gasteiger partial charge in [0.05, 0.1) is 5.69 Å². The highest BCUT2D eigenvalue weighted by atomic mass is 19.4. The molecule has 0 fully saturated rings. The van der Waals surface area contributed by atoms with Gasteiger partial charge in [0.1, 0.15) is 11.3 Å². The third-order valence-corrected chi connectivity index (χ3v) is 1.79. The summed E-state index contributed by atoms with van der Waals surface area (Å²) in [6, 6.07) is 0. The summed E-state index contributed by atoms with van der Waals surface area (Å²) in [6.07, 6.45) is -5.93. The normalized spacial score (nSPS) is 11.7. The molecule has 84 valence electrons. The van der Waals surface area contributed by atoms with Gasteiger partial charge in [0.2, 0.25) is 0 Å². The summed E-state index contributed by atoms with van der Waals surface area (Å²) in [5.41, 5.74) is -0.448.